The fourth-order valence-electron chi connectivity index (χ4n) is 4.44. The lowest BCUT2D eigenvalue weighted by Crippen LogP contribution is -2.45. The zero-order valence-corrected chi connectivity index (χ0v) is 20.7. The highest BCUT2D eigenvalue weighted by Crippen LogP contribution is 2.32. The molecule has 4 aromatic rings. The first-order valence-corrected chi connectivity index (χ1v) is 13.0. The van der Waals surface area contributed by atoms with Crippen molar-refractivity contribution in [1.29, 1.82) is 0 Å². The summed E-state index contributed by atoms with van der Waals surface area (Å²) in [5, 5.41) is 1.59. The minimum Gasteiger partial charge on any atom is -0.497 e. The number of sulfonamides is 1. The highest BCUT2D eigenvalue weighted by molar-refractivity contribution is 7.89. The van der Waals surface area contributed by atoms with Gasteiger partial charge in [0.25, 0.3) is 5.91 Å². The quantitative estimate of drug-likeness (QED) is 0.336. The molecule has 1 aliphatic heterocycles. The summed E-state index contributed by atoms with van der Waals surface area (Å²) in [6.45, 7) is -0.213. The molecule has 0 spiro atoms. The van der Waals surface area contributed by atoms with Crippen LogP contribution in [0, 0.1) is 5.82 Å². The number of amides is 2. The van der Waals surface area contributed by atoms with Gasteiger partial charge in [-0.15, -0.1) is 0 Å². The van der Waals surface area contributed by atoms with E-state index >= 15 is 0 Å². The molecule has 37 heavy (non-hydrogen) atoms. The van der Waals surface area contributed by atoms with E-state index in [1.54, 1.807) is 48.5 Å². The third kappa shape index (κ3) is 4.71. The Balaban J connectivity index is 1.56. The molecule has 0 N–H and O–H groups in total. The summed E-state index contributed by atoms with van der Waals surface area (Å²) in [5.74, 6) is -1.08. The van der Waals surface area contributed by atoms with Crippen LogP contribution in [-0.4, -0.2) is 37.7 Å². The number of anilines is 1. The van der Waals surface area contributed by atoms with E-state index in [0.29, 0.717) is 17.0 Å². The maximum absolute atomic E-state index is 14.0. The van der Waals surface area contributed by atoms with Crippen molar-refractivity contribution in [2.45, 2.75) is 23.9 Å². The van der Waals surface area contributed by atoms with Crippen LogP contribution in [0.3, 0.4) is 0 Å². The fourth-order valence-corrected chi connectivity index (χ4v) is 6.04. The molecule has 0 bridgehead atoms. The molecule has 7 nitrogen and oxygen atoms in total. The van der Waals surface area contributed by atoms with Gasteiger partial charge in [0.05, 0.1) is 24.1 Å². The second-order valence-electron chi connectivity index (χ2n) is 8.67. The number of hydrogen-bond acceptors (Lipinski definition) is 5. The van der Waals surface area contributed by atoms with Gasteiger partial charge in [-0.25, -0.2) is 17.7 Å². The first kappa shape index (κ1) is 24.6. The number of nitrogens with zero attached hydrogens (tertiary/aromatic N) is 2. The SMILES string of the molecule is COc1ccc(N2C(=O)CC(N(Cc3ccc(F)cc3)S(=O)(=O)c3ccc4ccccc4c3)C2=O)cc1. The van der Waals surface area contributed by atoms with E-state index < -0.39 is 33.7 Å². The number of halogens is 1. The molecule has 188 valence electrons. The minimum atomic E-state index is -4.24. The Kier molecular flexibility index (Phi) is 6.49. The standard InChI is InChI=1S/C28H23FN2O5S/c1-36-24-13-11-23(12-14-24)31-27(32)17-26(28(31)33)30(18-19-6-9-22(29)10-7-19)37(34,35)25-15-8-20-4-2-3-5-21(20)16-25/h2-16,26H,17-18H2,1H3. The summed E-state index contributed by atoms with van der Waals surface area (Å²) in [6.07, 6.45) is -0.321. The molecule has 1 saturated heterocycles. The second-order valence-corrected chi connectivity index (χ2v) is 10.6. The van der Waals surface area contributed by atoms with Crippen molar-refractivity contribution in [3.05, 3.63) is 102 Å². The fraction of sp³-hybridized carbons (Fsp3) is 0.143. The van der Waals surface area contributed by atoms with Crippen LogP contribution < -0.4 is 9.64 Å². The van der Waals surface area contributed by atoms with Crippen LogP contribution >= 0.6 is 0 Å². The van der Waals surface area contributed by atoms with Gasteiger partial charge < -0.3 is 4.74 Å². The van der Waals surface area contributed by atoms with Gasteiger partial charge in [0.2, 0.25) is 15.9 Å². The summed E-state index contributed by atoms with van der Waals surface area (Å²) in [4.78, 5) is 27.5. The van der Waals surface area contributed by atoms with Gasteiger partial charge >= 0.3 is 0 Å². The van der Waals surface area contributed by atoms with Gasteiger partial charge in [-0.2, -0.15) is 4.31 Å². The van der Waals surface area contributed by atoms with Crippen LogP contribution in [0.2, 0.25) is 0 Å². The van der Waals surface area contributed by atoms with E-state index in [1.165, 1.54) is 37.4 Å². The average molecular weight is 519 g/mol. The van der Waals surface area contributed by atoms with Crippen molar-refractivity contribution >= 4 is 38.3 Å². The Labute approximate surface area is 213 Å². The van der Waals surface area contributed by atoms with Crippen molar-refractivity contribution in [2.24, 2.45) is 0 Å². The van der Waals surface area contributed by atoms with Crippen LogP contribution in [0.15, 0.2) is 95.9 Å². The molecule has 1 atom stereocenters. The Bertz CT molecular complexity index is 1590. The summed E-state index contributed by atoms with van der Waals surface area (Å²) >= 11 is 0. The first-order valence-electron chi connectivity index (χ1n) is 11.5. The lowest BCUT2D eigenvalue weighted by Gasteiger charge is -2.27. The molecule has 4 aromatic carbocycles. The zero-order valence-electron chi connectivity index (χ0n) is 19.9. The Morgan fingerprint density at radius 1 is 0.919 bits per heavy atom. The van der Waals surface area contributed by atoms with Crippen LogP contribution in [0.5, 0.6) is 5.75 Å². The molecule has 1 aliphatic rings. The maximum atomic E-state index is 14.0. The first-order chi connectivity index (χ1) is 17.8. The molecule has 2 amide bonds. The topological polar surface area (TPSA) is 84.0 Å². The van der Waals surface area contributed by atoms with E-state index in [-0.39, 0.29) is 17.9 Å². The van der Waals surface area contributed by atoms with Crippen molar-refractivity contribution in [2.75, 3.05) is 12.0 Å². The lowest BCUT2D eigenvalue weighted by molar-refractivity contribution is -0.122. The molecule has 1 fully saturated rings. The average Bonchev–Trinajstić information content (AvgIpc) is 3.20. The van der Waals surface area contributed by atoms with E-state index in [4.69, 9.17) is 4.74 Å². The molecular weight excluding hydrogens is 495 g/mol. The van der Waals surface area contributed by atoms with E-state index in [9.17, 15) is 22.4 Å². The Morgan fingerprint density at radius 2 is 1.59 bits per heavy atom. The Morgan fingerprint density at radius 3 is 2.27 bits per heavy atom. The third-order valence-electron chi connectivity index (χ3n) is 6.38. The summed E-state index contributed by atoms with van der Waals surface area (Å²) in [7, 11) is -2.73. The van der Waals surface area contributed by atoms with E-state index in [1.807, 2.05) is 12.1 Å². The zero-order chi connectivity index (χ0) is 26.2. The van der Waals surface area contributed by atoms with Gasteiger partial charge in [-0.3, -0.25) is 9.59 Å². The van der Waals surface area contributed by atoms with Crippen molar-refractivity contribution in [1.82, 2.24) is 4.31 Å². The molecular formula is C28H23FN2O5S. The predicted octanol–water partition coefficient (Wildman–Crippen LogP) is 4.51. The number of hydrogen-bond donors (Lipinski definition) is 0. The Hall–Kier alpha value is -4.08. The highest BCUT2D eigenvalue weighted by atomic mass is 32.2. The lowest BCUT2D eigenvalue weighted by atomic mass is 10.1. The van der Waals surface area contributed by atoms with E-state index in [0.717, 1.165) is 20.0 Å². The summed E-state index contributed by atoms with van der Waals surface area (Å²) in [5.41, 5.74) is 0.803. The van der Waals surface area contributed by atoms with Gasteiger partial charge in [-0.05, 0) is 64.9 Å². The molecule has 0 aliphatic carbocycles. The molecule has 0 radical (unpaired) electrons. The number of rotatable bonds is 7. The maximum Gasteiger partial charge on any atom is 0.252 e. The number of methoxy groups -OCH3 is 1. The van der Waals surface area contributed by atoms with Crippen molar-refractivity contribution < 1.29 is 27.1 Å². The molecule has 1 unspecified atom stereocenters. The van der Waals surface area contributed by atoms with Crippen LogP contribution in [0.1, 0.15) is 12.0 Å². The van der Waals surface area contributed by atoms with Crippen molar-refractivity contribution in [3.63, 3.8) is 0 Å². The van der Waals surface area contributed by atoms with Gasteiger partial charge in [0, 0.05) is 6.54 Å². The normalized spacial score (nSPS) is 16.1. The van der Waals surface area contributed by atoms with Crippen LogP contribution in [-0.2, 0) is 26.2 Å². The number of benzene rings is 4. The summed E-state index contributed by atoms with van der Waals surface area (Å²) < 4.78 is 47.6. The molecule has 5 rings (SSSR count). The van der Waals surface area contributed by atoms with Gasteiger partial charge in [-0.1, -0.05) is 42.5 Å². The van der Waals surface area contributed by atoms with Gasteiger partial charge in [0.1, 0.15) is 17.6 Å². The van der Waals surface area contributed by atoms with E-state index in [2.05, 4.69) is 0 Å². The number of fused-ring (bicyclic) bond motifs is 1. The van der Waals surface area contributed by atoms with Crippen LogP contribution in [0.25, 0.3) is 10.8 Å². The number of carbonyl (C=O) groups excluding carboxylic acids is 2. The number of imide groups is 1. The predicted molar refractivity (Wildman–Crippen MR) is 137 cm³/mol. The minimum absolute atomic E-state index is 0.00328. The second kappa shape index (κ2) is 9.76. The third-order valence-corrected chi connectivity index (χ3v) is 8.23. The molecule has 0 aromatic heterocycles. The largest absolute Gasteiger partial charge is 0.497 e. The van der Waals surface area contributed by atoms with Crippen molar-refractivity contribution in [3.8, 4) is 5.75 Å². The highest BCUT2D eigenvalue weighted by Gasteiger charge is 2.47. The summed E-state index contributed by atoms with van der Waals surface area (Å²) in [6, 6.07) is 22.5. The monoisotopic (exact) mass is 518 g/mol. The van der Waals surface area contributed by atoms with Gasteiger partial charge in [0.15, 0.2) is 0 Å². The number of carbonyl (C=O) groups is 2. The smallest absolute Gasteiger partial charge is 0.252 e. The van der Waals surface area contributed by atoms with Crippen LogP contribution in [0.4, 0.5) is 10.1 Å². The molecule has 0 saturated carbocycles. The molecule has 1 heterocycles. The molecule has 9 heteroatoms. The number of ether oxygens (including phenoxy) is 1.